The monoisotopic (exact) mass is 283 g/mol. The summed E-state index contributed by atoms with van der Waals surface area (Å²) in [5.74, 6) is 0.211. The number of carbonyl (C=O) groups excluding carboxylic acids is 1. The van der Waals surface area contributed by atoms with Crippen LogP contribution in [0.25, 0.3) is 0 Å². The molecule has 0 bridgehead atoms. The summed E-state index contributed by atoms with van der Waals surface area (Å²) in [6, 6.07) is 4.68. The van der Waals surface area contributed by atoms with Gasteiger partial charge in [0, 0.05) is 26.9 Å². The number of anilines is 1. The molecule has 0 fully saturated rings. The first kappa shape index (κ1) is 12.9. The zero-order valence-corrected chi connectivity index (χ0v) is 11.4. The number of benzene rings is 1. The lowest BCUT2D eigenvalue weighted by molar-refractivity contribution is 0.102. The number of carbonyl (C=O) groups is 1. The summed E-state index contributed by atoms with van der Waals surface area (Å²) in [6.07, 6.45) is 0. The van der Waals surface area contributed by atoms with Crippen molar-refractivity contribution in [2.24, 2.45) is 0 Å². The number of rotatable bonds is 2. The number of nitrogens with one attached hydrogen (secondary N) is 2. The third-order valence-electron chi connectivity index (χ3n) is 2.61. The average Bonchev–Trinajstić information content (AvgIpc) is 2.59. The molecule has 0 aliphatic rings. The van der Waals surface area contributed by atoms with Crippen LogP contribution in [-0.4, -0.2) is 16.1 Å². The lowest BCUT2D eigenvalue weighted by atomic mass is 10.2. The molecule has 6 heteroatoms. The fourth-order valence-corrected chi connectivity index (χ4v) is 2.00. The van der Waals surface area contributed by atoms with E-state index in [2.05, 4.69) is 15.5 Å². The summed E-state index contributed by atoms with van der Waals surface area (Å²) >= 11 is 11.7. The van der Waals surface area contributed by atoms with Gasteiger partial charge in [-0.2, -0.15) is 5.10 Å². The highest BCUT2D eigenvalue weighted by molar-refractivity contribution is 6.35. The number of halogens is 2. The number of H-pyrrole nitrogens is 1. The Bertz CT molecular complexity index is 587. The Kier molecular flexibility index (Phi) is 3.59. The fourth-order valence-electron chi connectivity index (χ4n) is 1.47. The Morgan fingerprint density at radius 3 is 2.33 bits per heavy atom. The summed E-state index contributed by atoms with van der Waals surface area (Å²) in [7, 11) is 0. The second-order valence-electron chi connectivity index (χ2n) is 3.93. The highest BCUT2D eigenvalue weighted by atomic mass is 35.5. The van der Waals surface area contributed by atoms with Crippen molar-refractivity contribution in [3.05, 3.63) is 45.1 Å². The van der Waals surface area contributed by atoms with Gasteiger partial charge in [-0.1, -0.05) is 23.2 Å². The zero-order valence-electron chi connectivity index (χ0n) is 9.84. The SMILES string of the molecule is Cc1[nH]nc(NC(=O)c2cc(Cl)cc(Cl)c2)c1C. The minimum atomic E-state index is -0.297. The van der Waals surface area contributed by atoms with Gasteiger partial charge in [0.15, 0.2) is 5.82 Å². The number of aromatic nitrogens is 2. The second kappa shape index (κ2) is 5.00. The van der Waals surface area contributed by atoms with E-state index < -0.39 is 0 Å². The molecule has 0 radical (unpaired) electrons. The van der Waals surface area contributed by atoms with Gasteiger partial charge in [0.2, 0.25) is 0 Å². The normalized spacial score (nSPS) is 10.4. The van der Waals surface area contributed by atoms with Crippen LogP contribution in [0.15, 0.2) is 18.2 Å². The fraction of sp³-hybridized carbons (Fsp3) is 0.167. The first-order valence-electron chi connectivity index (χ1n) is 5.26. The molecule has 0 aliphatic carbocycles. The molecule has 0 aliphatic heterocycles. The first-order valence-corrected chi connectivity index (χ1v) is 6.02. The Hall–Kier alpha value is -1.52. The molecule has 94 valence electrons. The number of aromatic amines is 1. The summed E-state index contributed by atoms with van der Waals surface area (Å²) < 4.78 is 0. The van der Waals surface area contributed by atoms with Crippen LogP contribution in [-0.2, 0) is 0 Å². The standard InChI is InChI=1S/C12H11Cl2N3O/c1-6-7(2)16-17-11(6)15-12(18)8-3-9(13)5-10(14)4-8/h3-5H,1-2H3,(H2,15,16,17,18). The Morgan fingerprint density at radius 2 is 1.83 bits per heavy atom. The summed E-state index contributed by atoms with van der Waals surface area (Å²) in [6.45, 7) is 3.76. The smallest absolute Gasteiger partial charge is 0.256 e. The van der Waals surface area contributed by atoms with Crippen LogP contribution in [0.5, 0.6) is 0 Å². The van der Waals surface area contributed by atoms with Gasteiger partial charge in [-0.05, 0) is 32.0 Å². The summed E-state index contributed by atoms with van der Waals surface area (Å²) in [5.41, 5.74) is 2.21. The predicted molar refractivity (Wildman–Crippen MR) is 72.5 cm³/mol. The van der Waals surface area contributed by atoms with Crippen molar-refractivity contribution in [3.8, 4) is 0 Å². The molecule has 0 saturated heterocycles. The van der Waals surface area contributed by atoms with Crippen LogP contribution in [0.1, 0.15) is 21.6 Å². The molecule has 0 spiro atoms. The molecule has 2 rings (SSSR count). The molecule has 0 atom stereocenters. The molecule has 18 heavy (non-hydrogen) atoms. The third kappa shape index (κ3) is 2.66. The minimum absolute atomic E-state index is 0.297. The van der Waals surface area contributed by atoms with Gasteiger partial charge in [0.1, 0.15) is 0 Å². The van der Waals surface area contributed by atoms with Gasteiger partial charge in [0.25, 0.3) is 5.91 Å². The predicted octanol–water partition coefficient (Wildman–Crippen LogP) is 3.59. The van der Waals surface area contributed by atoms with E-state index >= 15 is 0 Å². The maximum Gasteiger partial charge on any atom is 0.256 e. The maximum absolute atomic E-state index is 12.0. The molecule has 1 aromatic heterocycles. The summed E-state index contributed by atoms with van der Waals surface area (Å²) in [4.78, 5) is 12.0. The molecular formula is C12H11Cl2N3O. The lowest BCUT2D eigenvalue weighted by Crippen LogP contribution is -2.13. The van der Waals surface area contributed by atoms with Crippen molar-refractivity contribution in [1.82, 2.24) is 10.2 Å². The van der Waals surface area contributed by atoms with E-state index in [-0.39, 0.29) is 5.91 Å². The zero-order chi connectivity index (χ0) is 13.3. The number of amides is 1. The van der Waals surface area contributed by atoms with Crippen molar-refractivity contribution < 1.29 is 4.79 Å². The minimum Gasteiger partial charge on any atom is -0.305 e. The van der Waals surface area contributed by atoms with E-state index in [4.69, 9.17) is 23.2 Å². The van der Waals surface area contributed by atoms with Crippen LogP contribution in [0, 0.1) is 13.8 Å². The first-order chi connectivity index (χ1) is 8.47. The largest absolute Gasteiger partial charge is 0.305 e. The van der Waals surface area contributed by atoms with E-state index in [9.17, 15) is 4.79 Å². The average molecular weight is 284 g/mol. The number of hydrogen-bond acceptors (Lipinski definition) is 2. The van der Waals surface area contributed by atoms with Crippen LogP contribution in [0.3, 0.4) is 0 Å². The third-order valence-corrected chi connectivity index (χ3v) is 3.05. The lowest BCUT2D eigenvalue weighted by Gasteiger charge is -2.04. The molecular weight excluding hydrogens is 273 g/mol. The van der Waals surface area contributed by atoms with Crippen molar-refractivity contribution in [2.75, 3.05) is 5.32 Å². The molecule has 0 saturated carbocycles. The van der Waals surface area contributed by atoms with E-state index in [1.165, 1.54) is 0 Å². The van der Waals surface area contributed by atoms with Crippen molar-refractivity contribution in [1.29, 1.82) is 0 Å². The number of nitrogens with zero attached hydrogens (tertiary/aromatic N) is 1. The van der Waals surface area contributed by atoms with Gasteiger partial charge >= 0.3 is 0 Å². The number of aryl methyl sites for hydroxylation is 1. The van der Waals surface area contributed by atoms with E-state index in [1.54, 1.807) is 18.2 Å². The van der Waals surface area contributed by atoms with Crippen LogP contribution in [0.4, 0.5) is 5.82 Å². The quantitative estimate of drug-likeness (QED) is 0.885. The molecule has 0 unspecified atom stereocenters. The van der Waals surface area contributed by atoms with Gasteiger partial charge in [0.05, 0.1) is 0 Å². The molecule has 4 nitrogen and oxygen atoms in total. The molecule has 1 heterocycles. The van der Waals surface area contributed by atoms with Gasteiger partial charge < -0.3 is 5.32 Å². The van der Waals surface area contributed by atoms with Gasteiger partial charge in [-0.3, -0.25) is 9.89 Å². The summed E-state index contributed by atoms with van der Waals surface area (Å²) in [5, 5.41) is 10.3. The second-order valence-corrected chi connectivity index (χ2v) is 4.81. The maximum atomic E-state index is 12.0. The Morgan fingerprint density at radius 1 is 1.22 bits per heavy atom. The molecule has 1 aromatic carbocycles. The van der Waals surface area contributed by atoms with Gasteiger partial charge in [-0.25, -0.2) is 0 Å². The van der Waals surface area contributed by atoms with Crippen molar-refractivity contribution in [3.63, 3.8) is 0 Å². The molecule has 1 amide bonds. The van der Waals surface area contributed by atoms with E-state index in [1.807, 2.05) is 13.8 Å². The Labute approximate surface area is 114 Å². The van der Waals surface area contributed by atoms with Gasteiger partial charge in [-0.15, -0.1) is 0 Å². The highest BCUT2D eigenvalue weighted by Crippen LogP contribution is 2.20. The Balaban J connectivity index is 2.24. The van der Waals surface area contributed by atoms with Crippen molar-refractivity contribution in [2.45, 2.75) is 13.8 Å². The highest BCUT2D eigenvalue weighted by Gasteiger charge is 2.12. The van der Waals surface area contributed by atoms with E-state index in [0.29, 0.717) is 21.4 Å². The molecule has 2 N–H and O–H groups in total. The van der Waals surface area contributed by atoms with Crippen LogP contribution < -0.4 is 5.32 Å². The van der Waals surface area contributed by atoms with Crippen LogP contribution >= 0.6 is 23.2 Å². The van der Waals surface area contributed by atoms with Crippen LogP contribution in [0.2, 0.25) is 10.0 Å². The number of hydrogen-bond donors (Lipinski definition) is 2. The molecule has 2 aromatic rings. The van der Waals surface area contributed by atoms with Crippen molar-refractivity contribution >= 4 is 34.9 Å². The topological polar surface area (TPSA) is 57.8 Å². The van der Waals surface area contributed by atoms with E-state index in [0.717, 1.165) is 11.3 Å².